The molecule has 0 saturated heterocycles. The second-order valence-corrected chi connectivity index (χ2v) is 3.37. The standard InChI is InChI=1S/C11H14F3N/c1-2-8-15(11(12,13)14)9-10-6-4-3-5-7-10/h3-7H,2,8-9H2,1H3. The van der Waals surface area contributed by atoms with Crippen molar-refractivity contribution in [2.24, 2.45) is 0 Å². The molecule has 0 radical (unpaired) electrons. The van der Waals surface area contributed by atoms with Crippen LogP contribution in [-0.2, 0) is 6.54 Å². The highest BCUT2D eigenvalue weighted by atomic mass is 19.4. The minimum Gasteiger partial charge on any atom is -0.210 e. The molecule has 4 heteroatoms. The van der Waals surface area contributed by atoms with Gasteiger partial charge >= 0.3 is 6.30 Å². The fourth-order valence-electron chi connectivity index (χ4n) is 1.37. The summed E-state index contributed by atoms with van der Waals surface area (Å²) in [5.41, 5.74) is 0.684. The van der Waals surface area contributed by atoms with Crippen molar-refractivity contribution in [3.05, 3.63) is 35.9 Å². The monoisotopic (exact) mass is 217 g/mol. The molecule has 0 aromatic heterocycles. The second-order valence-electron chi connectivity index (χ2n) is 3.37. The van der Waals surface area contributed by atoms with Gasteiger partial charge in [-0.05, 0) is 12.0 Å². The van der Waals surface area contributed by atoms with Crippen LogP contribution < -0.4 is 0 Å². The van der Waals surface area contributed by atoms with E-state index in [1.807, 2.05) is 0 Å². The maximum absolute atomic E-state index is 12.5. The summed E-state index contributed by atoms with van der Waals surface area (Å²) in [7, 11) is 0. The predicted molar refractivity (Wildman–Crippen MR) is 53.2 cm³/mol. The quantitative estimate of drug-likeness (QED) is 0.698. The summed E-state index contributed by atoms with van der Waals surface area (Å²) in [6.45, 7) is 1.71. The number of benzene rings is 1. The molecule has 0 aliphatic heterocycles. The lowest BCUT2D eigenvalue weighted by Gasteiger charge is -2.24. The topological polar surface area (TPSA) is 3.24 Å². The highest BCUT2D eigenvalue weighted by molar-refractivity contribution is 5.14. The van der Waals surface area contributed by atoms with Crippen molar-refractivity contribution in [1.82, 2.24) is 4.90 Å². The fraction of sp³-hybridized carbons (Fsp3) is 0.455. The van der Waals surface area contributed by atoms with Crippen molar-refractivity contribution in [3.8, 4) is 0 Å². The molecule has 1 aromatic carbocycles. The van der Waals surface area contributed by atoms with Gasteiger partial charge in [0.1, 0.15) is 0 Å². The lowest BCUT2D eigenvalue weighted by molar-refractivity contribution is -0.249. The molecular weight excluding hydrogens is 203 g/mol. The zero-order valence-corrected chi connectivity index (χ0v) is 8.59. The average Bonchev–Trinajstić information content (AvgIpc) is 2.17. The molecule has 0 amide bonds. The first-order chi connectivity index (χ1) is 7.04. The van der Waals surface area contributed by atoms with E-state index in [1.54, 1.807) is 37.3 Å². The first kappa shape index (κ1) is 12.0. The number of halogens is 3. The van der Waals surface area contributed by atoms with Gasteiger partial charge in [0.25, 0.3) is 0 Å². The number of hydrogen-bond acceptors (Lipinski definition) is 1. The SMILES string of the molecule is CCCN(Cc1ccccc1)C(F)(F)F. The number of nitrogens with zero attached hydrogens (tertiary/aromatic N) is 1. The third-order valence-electron chi connectivity index (χ3n) is 2.07. The Hall–Kier alpha value is -1.03. The Balaban J connectivity index is 2.67. The van der Waals surface area contributed by atoms with Crippen molar-refractivity contribution in [2.75, 3.05) is 6.54 Å². The summed E-state index contributed by atoms with van der Waals surface area (Å²) in [6.07, 6.45) is -3.75. The Morgan fingerprint density at radius 1 is 1.13 bits per heavy atom. The summed E-state index contributed by atoms with van der Waals surface area (Å²) in [6, 6.07) is 8.69. The van der Waals surface area contributed by atoms with E-state index in [1.165, 1.54) is 0 Å². The van der Waals surface area contributed by atoms with Gasteiger partial charge in [0.2, 0.25) is 0 Å². The summed E-state index contributed by atoms with van der Waals surface area (Å²) < 4.78 is 37.6. The number of alkyl halides is 3. The number of rotatable bonds is 4. The van der Waals surface area contributed by atoms with Crippen LogP contribution in [0.15, 0.2) is 30.3 Å². The van der Waals surface area contributed by atoms with E-state index in [9.17, 15) is 13.2 Å². The second kappa shape index (κ2) is 5.16. The zero-order chi connectivity index (χ0) is 11.3. The third-order valence-corrected chi connectivity index (χ3v) is 2.07. The molecule has 15 heavy (non-hydrogen) atoms. The van der Waals surface area contributed by atoms with Gasteiger partial charge in [-0.2, -0.15) is 13.2 Å². The normalized spacial score (nSPS) is 12.1. The summed E-state index contributed by atoms with van der Waals surface area (Å²) in [5, 5.41) is 0. The van der Waals surface area contributed by atoms with E-state index in [2.05, 4.69) is 0 Å². The van der Waals surface area contributed by atoms with Crippen LogP contribution in [-0.4, -0.2) is 17.7 Å². The van der Waals surface area contributed by atoms with Crippen LogP contribution in [0.1, 0.15) is 18.9 Å². The zero-order valence-electron chi connectivity index (χ0n) is 8.59. The average molecular weight is 217 g/mol. The van der Waals surface area contributed by atoms with Gasteiger partial charge in [0.15, 0.2) is 0 Å². The van der Waals surface area contributed by atoms with E-state index >= 15 is 0 Å². The minimum atomic E-state index is -4.24. The molecule has 0 unspecified atom stereocenters. The van der Waals surface area contributed by atoms with E-state index in [4.69, 9.17) is 0 Å². The van der Waals surface area contributed by atoms with E-state index in [-0.39, 0.29) is 13.1 Å². The smallest absolute Gasteiger partial charge is 0.210 e. The molecule has 1 rings (SSSR count). The van der Waals surface area contributed by atoms with Crippen LogP contribution >= 0.6 is 0 Å². The largest absolute Gasteiger partial charge is 0.460 e. The summed E-state index contributed by atoms with van der Waals surface area (Å²) >= 11 is 0. The molecule has 0 saturated carbocycles. The molecule has 0 aliphatic rings. The third kappa shape index (κ3) is 3.91. The van der Waals surface area contributed by atoms with Crippen molar-refractivity contribution < 1.29 is 13.2 Å². The van der Waals surface area contributed by atoms with Gasteiger partial charge in [0.05, 0.1) is 0 Å². The van der Waals surface area contributed by atoms with Gasteiger partial charge < -0.3 is 0 Å². The molecule has 0 heterocycles. The van der Waals surface area contributed by atoms with Gasteiger partial charge in [-0.25, -0.2) is 4.90 Å². The molecule has 0 N–H and O–H groups in total. The van der Waals surface area contributed by atoms with Crippen LogP contribution in [0.2, 0.25) is 0 Å². The maximum atomic E-state index is 12.5. The molecule has 0 aliphatic carbocycles. The van der Waals surface area contributed by atoms with Crippen LogP contribution in [0.25, 0.3) is 0 Å². The minimum absolute atomic E-state index is 0.0401. The highest BCUT2D eigenvalue weighted by Gasteiger charge is 2.36. The Bertz CT molecular complexity index is 282. The van der Waals surface area contributed by atoms with Crippen molar-refractivity contribution in [2.45, 2.75) is 26.2 Å². The Morgan fingerprint density at radius 2 is 1.73 bits per heavy atom. The Morgan fingerprint density at radius 3 is 2.20 bits per heavy atom. The van der Waals surface area contributed by atoms with Crippen LogP contribution in [0.5, 0.6) is 0 Å². The summed E-state index contributed by atoms with van der Waals surface area (Å²) in [5.74, 6) is 0. The summed E-state index contributed by atoms with van der Waals surface area (Å²) in [4.78, 5) is 0.530. The van der Waals surface area contributed by atoms with Crippen LogP contribution in [0.4, 0.5) is 13.2 Å². The molecule has 84 valence electrons. The van der Waals surface area contributed by atoms with E-state index < -0.39 is 6.30 Å². The van der Waals surface area contributed by atoms with Gasteiger partial charge in [-0.3, -0.25) is 0 Å². The first-order valence-electron chi connectivity index (χ1n) is 4.89. The highest BCUT2D eigenvalue weighted by Crippen LogP contribution is 2.23. The van der Waals surface area contributed by atoms with Crippen molar-refractivity contribution in [1.29, 1.82) is 0 Å². The van der Waals surface area contributed by atoms with Gasteiger partial charge in [-0.1, -0.05) is 37.3 Å². The molecule has 0 fully saturated rings. The molecule has 0 atom stereocenters. The van der Waals surface area contributed by atoms with Crippen LogP contribution in [0.3, 0.4) is 0 Å². The predicted octanol–water partition coefficient (Wildman–Crippen LogP) is 3.42. The molecular formula is C11H14F3N. The molecule has 0 bridgehead atoms. The lowest BCUT2D eigenvalue weighted by atomic mass is 10.2. The van der Waals surface area contributed by atoms with Gasteiger partial charge in [0, 0.05) is 13.1 Å². The fourth-order valence-corrected chi connectivity index (χ4v) is 1.37. The van der Waals surface area contributed by atoms with Crippen molar-refractivity contribution >= 4 is 0 Å². The van der Waals surface area contributed by atoms with Crippen LogP contribution in [0, 0.1) is 0 Å². The number of hydrogen-bond donors (Lipinski definition) is 0. The van der Waals surface area contributed by atoms with Crippen molar-refractivity contribution in [3.63, 3.8) is 0 Å². The maximum Gasteiger partial charge on any atom is 0.460 e. The first-order valence-corrected chi connectivity index (χ1v) is 4.89. The Labute approximate surface area is 87.5 Å². The van der Waals surface area contributed by atoms with E-state index in [0.29, 0.717) is 16.9 Å². The molecule has 1 nitrogen and oxygen atoms in total. The molecule has 1 aromatic rings. The Kier molecular flexibility index (Phi) is 4.15. The van der Waals surface area contributed by atoms with Gasteiger partial charge in [-0.15, -0.1) is 0 Å². The lowest BCUT2D eigenvalue weighted by Crippen LogP contribution is -2.37. The van der Waals surface area contributed by atoms with E-state index in [0.717, 1.165) is 0 Å². The molecule has 0 spiro atoms.